The maximum Gasteiger partial charge on any atom is 0.416 e. The Labute approximate surface area is 140 Å². The molecule has 0 spiro atoms. The maximum absolute atomic E-state index is 12.7. The van der Waals surface area contributed by atoms with Crippen molar-refractivity contribution in [1.82, 2.24) is 16.4 Å². The monoisotopic (exact) mass is 350 g/mol. The molecule has 2 unspecified atom stereocenters. The second kappa shape index (κ2) is 6.75. The van der Waals surface area contributed by atoms with Gasteiger partial charge in [-0.1, -0.05) is 18.2 Å². The van der Waals surface area contributed by atoms with Crippen LogP contribution in [0.25, 0.3) is 12.2 Å². The first-order chi connectivity index (χ1) is 11.5. The van der Waals surface area contributed by atoms with E-state index in [1.165, 1.54) is 17.4 Å². The van der Waals surface area contributed by atoms with Gasteiger partial charge in [0.15, 0.2) is 0 Å². The molecule has 1 aliphatic rings. The quantitative estimate of drug-likeness (QED) is 0.793. The molecule has 1 aromatic carbocycles. The predicted octanol–water partition coefficient (Wildman–Crippen LogP) is 3.48. The van der Waals surface area contributed by atoms with E-state index in [2.05, 4.69) is 22.5 Å². The first-order valence-corrected chi connectivity index (χ1v) is 7.90. The van der Waals surface area contributed by atoms with Gasteiger partial charge in [0.1, 0.15) is 6.04 Å². The van der Waals surface area contributed by atoms with Crippen molar-refractivity contribution >= 4 is 23.5 Å². The average Bonchev–Trinajstić information content (AvgIpc) is 3.21. The van der Waals surface area contributed by atoms with Crippen LogP contribution in [0.15, 0.2) is 36.4 Å². The third-order valence-corrected chi connectivity index (χ3v) is 4.67. The van der Waals surface area contributed by atoms with Crippen molar-refractivity contribution < 1.29 is 13.2 Å². The Morgan fingerprint density at radius 3 is 2.71 bits per heavy atom. The summed E-state index contributed by atoms with van der Waals surface area (Å²) in [7, 11) is 0. The molecule has 8 heteroatoms. The summed E-state index contributed by atoms with van der Waals surface area (Å²) in [5, 5.41) is 9.05. The first-order valence-electron chi connectivity index (χ1n) is 7.08. The zero-order valence-electron chi connectivity index (χ0n) is 12.3. The molecule has 2 atom stereocenters. The highest BCUT2D eigenvalue weighted by atomic mass is 32.1. The van der Waals surface area contributed by atoms with E-state index in [1.807, 2.05) is 12.1 Å². The van der Waals surface area contributed by atoms with E-state index in [0.717, 1.165) is 21.9 Å². The Morgan fingerprint density at radius 2 is 1.96 bits per heavy atom. The van der Waals surface area contributed by atoms with Crippen molar-refractivity contribution in [3.8, 4) is 6.07 Å². The summed E-state index contributed by atoms with van der Waals surface area (Å²) in [4.78, 5) is 1.86. The molecular formula is C16H13F3N4S. The lowest BCUT2D eigenvalue weighted by molar-refractivity contribution is -0.137. The van der Waals surface area contributed by atoms with Gasteiger partial charge in [-0.15, -0.1) is 11.3 Å². The minimum absolute atomic E-state index is 0.171. The van der Waals surface area contributed by atoms with Crippen LogP contribution in [0.2, 0.25) is 0 Å². The number of nitrogens with zero attached hydrogens (tertiary/aromatic N) is 1. The number of benzene rings is 1. The van der Waals surface area contributed by atoms with Crippen molar-refractivity contribution in [3.63, 3.8) is 0 Å². The summed E-state index contributed by atoms with van der Waals surface area (Å²) >= 11 is 1.48. The second-order valence-electron chi connectivity index (χ2n) is 5.19. The molecule has 1 aromatic heterocycles. The lowest BCUT2D eigenvalue weighted by Gasteiger charge is -2.08. The Balaban J connectivity index is 1.75. The molecule has 24 heavy (non-hydrogen) atoms. The van der Waals surface area contributed by atoms with E-state index in [4.69, 9.17) is 5.26 Å². The highest BCUT2D eigenvalue weighted by Gasteiger charge is 2.30. The fourth-order valence-corrected chi connectivity index (χ4v) is 3.33. The summed E-state index contributed by atoms with van der Waals surface area (Å²) in [5.41, 5.74) is 8.30. The number of thiophene rings is 1. The molecule has 0 saturated carbocycles. The fraction of sp³-hybridized carbons (Fsp3) is 0.188. The van der Waals surface area contributed by atoms with Crippen molar-refractivity contribution in [2.45, 2.75) is 18.3 Å². The van der Waals surface area contributed by atoms with Gasteiger partial charge in [-0.25, -0.2) is 10.9 Å². The molecule has 124 valence electrons. The number of hydrazine groups is 2. The van der Waals surface area contributed by atoms with Crippen molar-refractivity contribution in [2.75, 3.05) is 0 Å². The van der Waals surface area contributed by atoms with Crippen LogP contribution in [0, 0.1) is 11.3 Å². The third kappa shape index (κ3) is 3.66. The minimum Gasteiger partial charge on any atom is -0.233 e. The van der Waals surface area contributed by atoms with Crippen LogP contribution in [0.5, 0.6) is 0 Å². The molecular weight excluding hydrogens is 337 g/mol. The Morgan fingerprint density at radius 1 is 1.12 bits per heavy atom. The van der Waals surface area contributed by atoms with Crippen molar-refractivity contribution in [3.05, 3.63) is 57.3 Å². The molecule has 1 saturated heterocycles. The van der Waals surface area contributed by atoms with E-state index in [-0.39, 0.29) is 12.1 Å². The van der Waals surface area contributed by atoms with Crippen LogP contribution in [-0.4, -0.2) is 6.04 Å². The van der Waals surface area contributed by atoms with Crippen LogP contribution in [-0.2, 0) is 6.18 Å². The summed E-state index contributed by atoms with van der Waals surface area (Å²) in [6.07, 6.45) is -0.938. The molecule has 4 nitrogen and oxygen atoms in total. The van der Waals surface area contributed by atoms with Crippen LogP contribution in [0.4, 0.5) is 13.2 Å². The highest BCUT2D eigenvalue weighted by molar-refractivity contribution is 7.13. The van der Waals surface area contributed by atoms with Gasteiger partial charge in [-0.3, -0.25) is 0 Å². The van der Waals surface area contributed by atoms with E-state index in [0.29, 0.717) is 5.56 Å². The van der Waals surface area contributed by atoms with Gasteiger partial charge in [-0.2, -0.15) is 24.0 Å². The standard InChI is InChI=1S/C16H13F3N4S/c17-16(18,19)11-3-1-2-10(8-11)4-5-12-6-7-14(24-12)15-13(9-20)21-23-22-15/h1-8,13,15,21-23H/b5-4+. The maximum atomic E-state index is 12.7. The number of hydrogen-bond acceptors (Lipinski definition) is 5. The van der Waals surface area contributed by atoms with E-state index in [1.54, 1.807) is 18.2 Å². The van der Waals surface area contributed by atoms with E-state index >= 15 is 0 Å². The summed E-state index contributed by atoms with van der Waals surface area (Å²) in [6.45, 7) is 0. The van der Waals surface area contributed by atoms with Gasteiger partial charge in [0.25, 0.3) is 0 Å². The van der Waals surface area contributed by atoms with Gasteiger partial charge in [0.2, 0.25) is 0 Å². The minimum atomic E-state index is -4.35. The van der Waals surface area contributed by atoms with Crippen LogP contribution in [0.3, 0.4) is 0 Å². The van der Waals surface area contributed by atoms with E-state index in [9.17, 15) is 13.2 Å². The third-order valence-electron chi connectivity index (χ3n) is 3.54. The Hall–Kier alpha value is -2.18. The number of halogens is 3. The molecule has 3 N–H and O–H groups in total. The van der Waals surface area contributed by atoms with Crippen LogP contribution >= 0.6 is 11.3 Å². The lowest BCUT2D eigenvalue weighted by atomic mass is 10.1. The number of hydrogen-bond donors (Lipinski definition) is 3. The molecule has 0 bridgehead atoms. The molecule has 2 aromatic rings. The van der Waals surface area contributed by atoms with Gasteiger partial charge < -0.3 is 0 Å². The summed E-state index contributed by atoms with van der Waals surface area (Å²) < 4.78 is 38.1. The molecule has 0 aliphatic carbocycles. The Bertz CT molecular complexity index is 791. The molecule has 2 heterocycles. The smallest absolute Gasteiger partial charge is 0.233 e. The number of nitriles is 1. The second-order valence-corrected chi connectivity index (χ2v) is 6.34. The average molecular weight is 350 g/mol. The topological polar surface area (TPSA) is 59.9 Å². The van der Waals surface area contributed by atoms with Gasteiger partial charge in [0.05, 0.1) is 17.7 Å². The van der Waals surface area contributed by atoms with Gasteiger partial charge >= 0.3 is 6.18 Å². The normalized spacial score (nSPS) is 21.2. The lowest BCUT2D eigenvalue weighted by Crippen LogP contribution is -2.32. The molecule has 1 aliphatic heterocycles. The van der Waals surface area contributed by atoms with Crippen LogP contribution in [0.1, 0.15) is 26.9 Å². The zero-order chi connectivity index (χ0) is 17.2. The number of nitrogens with one attached hydrogen (secondary N) is 3. The number of rotatable bonds is 3. The molecule has 0 radical (unpaired) electrons. The molecule has 1 fully saturated rings. The SMILES string of the molecule is N#CC1NNNC1c1ccc(/C=C/c2cccc(C(F)(F)F)c2)s1. The van der Waals surface area contributed by atoms with E-state index < -0.39 is 11.7 Å². The van der Waals surface area contributed by atoms with Gasteiger partial charge in [-0.05, 0) is 35.9 Å². The van der Waals surface area contributed by atoms with Crippen LogP contribution < -0.4 is 16.4 Å². The predicted molar refractivity (Wildman–Crippen MR) is 86.2 cm³/mol. The highest BCUT2D eigenvalue weighted by Crippen LogP contribution is 2.31. The molecule has 3 rings (SSSR count). The number of alkyl halides is 3. The van der Waals surface area contributed by atoms with Crippen molar-refractivity contribution in [2.24, 2.45) is 0 Å². The summed E-state index contributed by atoms with van der Waals surface area (Å²) in [6, 6.07) is 10.5. The Kier molecular flexibility index (Phi) is 4.69. The first kappa shape index (κ1) is 16.7. The molecule has 0 amide bonds. The summed E-state index contributed by atoms with van der Waals surface area (Å²) in [5.74, 6) is 0. The fourth-order valence-electron chi connectivity index (χ4n) is 2.33. The zero-order valence-corrected chi connectivity index (χ0v) is 13.1. The van der Waals surface area contributed by atoms with Gasteiger partial charge in [0, 0.05) is 9.75 Å². The largest absolute Gasteiger partial charge is 0.416 e. The van der Waals surface area contributed by atoms with Crippen molar-refractivity contribution in [1.29, 1.82) is 5.26 Å².